The topological polar surface area (TPSA) is 85.5 Å². The molecule has 2 heterocycles. The summed E-state index contributed by atoms with van der Waals surface area (Å²) in [6.45, 7) is 1.82. The molecule has 0 spiro atoms. The lowest BCUT2D eigenvalue weighted by Gasteiger charge is -2.19. The van der Waals surface area contributed by atoms with Crippen molar-refractivity contribution in [3.8, 4) is 0 Å². The Hall–Kier alpha value is -1.18. The first-order valence-electron chi connectivity index (χ1n) is 5.42. The van der Waals surface area contributed by atoms with Crippen molar-refractivity contribution in [1.82, 2.24) is 4.98 Å². The van der Waals surface area contributed by atoms with Gasteiger partial charge in [0, 0.05) is 24.8 Å². The molecular weight excluding hydrogens is 242 g/mol. The van der Waals surface area contributed by atoms with E-state index >= 15 is 0 Å². The number of hydrogen-bond donors (Lipinski definition) is 1. The number of rotatable bonds is 4. The molecule has 1 aromatic rings. The number of aromatic nitrogens is 1. The van der Waals surface area contributed by atoms with Crippen LogP contribution in [0.2, 0.25) is 0 Å². The number of nitrogens with two attached hydrogens (primary N) is 1. The number of hydrogen-bond acceptors (Lipinski definition) is 5. The van der Waals surface area contributed by atoms with Crippen LogP contribution in [0.4, 0.5) is 5.82 Å². The van der Waals surface area contributed by atoms with Gasteiger partial charge in [0.15, 0.2) is 0 Å². The second kappa shape index (κ2) is 4.99. The van der Waals surface area contributed by atoms with E-state index in [9.17, 15) is 8.42 Å². The van der Waals surface area contributed by atoms with Gasteiger partial charge in [-0.15, -0.1) is 0 Å². The molecule has 0 saturated carbocycles. The van der Waals surface area contributed by atoms with E-state index in [2.05, 4.69) is 14.1 Å². The van der Waals surface area contributed by atoms with Gasteiger partial charge in [0.2, 0.25) is 0 Å². The van der Waals surface area contributed by atoms with Gasteiger partial charge in [-0.3, -0.25) is 4.18 Å². The highest BCUT2D eigenvalue weighted by atomic mass is 32.2. The summed E-state index contributed by atoms with van der Waals surface area (Å²) in [7, 11) is -3.91. The molecule has 0 unspecified atom stereocenters. The van der Waals surface area contributed by atoms with Crippen molar-refractivity contribution in [2.24, 2.45) is 5.14 Å². The fraction of sp³-hybridized carbons (Fsp3) is 0.500. The molecular formula is C10H15N3O3S. The van der Waals surface area contributed by atoms with Gasteiger partial charge in [-0.1, -0.05) is 6.07 Å². The molecule has 0 aromatic carbocycles. The van der Waals surface area contributed by atoms with E-state index < -0.39 is 10.3 Å². The van der Waals surface area contributed by atoms with Crippen molar-refractivity contribution in [3.05, 3.63) is 23.9 Å². The Balaban J connectivity index is 2.15. The minimum absolute atomic E-state index is 0.0709. The van der Waals surface area contributed by atoms with Gasteiger partial charge in [-0.2, -0.15) is 8.42 Å². The first kappa shape index (κ1) is 12.3. The molecule has 6 nitrogen and oxygen atoms in total. The fourth-order valence-electron chi connectivity index (χ4n) is 1.90. The Morgan fingerprint density at radius 1 is 1.41 bits per heavy atom. The summed E-state index contributed by atoms with van der Waals surface area (Å²) >= 11 is 0. The summed E-state index contributed by atoms with van der Waals surface area (Å²) in [4.78, 5) is 6.40. The minimum Gasteiger partial charge on any atom is -0.356 e. The second-order valence-corrected chi connectivity index (χ2v) is 5.16. The average Bonchev–Trinajstić information content (AvgIpc) is 2.79. The van der Waals surface area contributed by atoms with Crippen molar-refractivity contribution in [3.63, 3.8) is 0 Å². The molecule has 0 bridgehead atoms. The molecule has 2 N–H and O–H groups in total. The quantitative estimate of drug-likeness (QED) is 0.844. The Bertz CT molecular complexity index is 483. The van der Waals surface area contributed by atoms with Gasteiger partial charge >= 0.3 is 10.3 Å². The van der Waals surface area contributed by atoms with E-state index in [1.807, 2.05) is 0 Å². The Kier molecular flexibility index (Phi) is 3.60. The second-order valence-electron chi connectivity index (χ2n) is 3.94. The van der Waals surface area contributed by atoms with E-state index in [4.69, 9.17) is 5.14 Å². The maximum Gasteiger partial charge on any atom is 0.333 e. The normalized spacial score (nSPS) is 16.4. The zero-order valence-corrected chi connectivity index (χ0v) is 10.2. The van der Waals surface area contributed by atoms with E-state index in [1.54, 1.807) is 18.3 Å². The maximum atomic E-state index is 10.8. The molecule has 94 valence electrons. The highest BCUT2D eigenvalue weighted by Gasteiger charge is 2.17. The average molecular weight is 257 g/mol. The van der Waals surface area contributed by atoms with E-state index in [1.165, 1.54) is 0 Å². The largest absolute Gasteiger partial charge is 0.356 e. The highest BCUT2D eigenvalue weighted by molar-refractivity contribution is 7.84. The summed E-state index contributed by atoms with van der Waals surface area (Å²) in [6.07, 6.45) is 3.95. The van der Waals surface area contributed by atoms with E-state index in [-0.39, 0.29) is 6.61 Å². The summed E-state index contributed by atoms with van der Waals surface area (Å²) in [6, 6.07) is 3.55. The molecule has 17 heavy (non-hydrogen) atoms. The van der Waals surface area contributed by atoms with Crippen molar-refractivity contribution in [1.29, 1.82) is 0 Å². The lowest BCUT2D eigenvalue weighted by molar-refractivity contribution is 0.308. The van der Waals surface area contributed by atoms with Crippen LogP contribution in [0.25, 0.3) is 0 Å². The van der Waals surface area contributed by atoms with Gasteiger partial charge in [0.25, 0.3) is 0 Å². The van der Waals surface area contributed by atoms with Crippen LogP contribution in [0.5, 0.6) is 0 Å². The van der Waals surface area contributed by atoms with Crippen LogP contribution >= 0.6 is 0 Å². The molecule has 1 saturated heterocycles. The molecule has 1 fully saturated rings. The van der Waals surface area contributed by atoms with Crippen LogP contribution in [0.3, 0.4) is 0 Å². The standard InChI is InChI=1S/C10H15N3O3S/c11-17(14,15)16-8-9-4-3-5-12-10(9)13-6-1-2-7-13/h3-5H,1-2,6-8H2,(H2,11,14,15). The van der Waals surface area contributed by atoms with Crippen LogP contribution in [-0.2, 0) is 21.1 Å². The van der Waals surface area contributed by atoms with Crippen LogP contribution in [0.15, 0.2) is 18.3 Å². The summed E-state index contributed by atoms with van der Waals surface area (Å²) in [5, 5.41) is 4.80. The molecule has 2 rings (SSSR count). The first-order chi connectivity index (χ1) is 8.06. The zero-order chi connectivity index (χ0) is 12.3. The van der Waals surface area contributed by atoms with Crippen molar-refractivity contribution >= 4 is 16.1 Å². The highest BCUT2D eigenvalue weighted by Crippen LogP contribution is 2.22. The van der Waals surface area contributed by atoms with Gasteiger partial charge in [0.05, 0.1) is 6.61 Å². The van der Waals surface area contributed by atoms with Gasteiger partial charge in [-0.05, 0) is 18.9 Å². The van der Waals surface area contributed by atoms with Gasteiger partial charge in [-0.25, -0.2) is 10.1 Å². The third-order valence-electron chi connectivity index (χ3n) is 2.65. The lowest BCUT2D eigenvalue weighted by Crippen LogP contribution is -2.22. The van der Waals surface area contributed by atoms with Crippen LogP contribution in [-0.4, -0.2) is 26.5 Å². The summed E-state index contributed by atoms with van der Waals surface area (Å²) in [5.41, 5.74) is 0.739. The Labute approximate surface area is 101 Å². The molecule has 1 aliphatic heterocycles. The first-order valence-corrected chi connectivity index (χ1v) is 6.89. The monoisotopic (exact) mass is 257 g/mol. The molecule has 0 aliphatic carbocycles. The molecule has 1 aromatic heterocycles. The number of pyridine rings is 1. The van der Waals surface area contributed by atoms with E-state index in [0.717, 1.165) is 37.3 Å². The van der Waals surface area contributed by atoms with Crippen molar-refractivity contribution < 1.29 is 12.6 Å². The third-order valence-corrected chi connectivity index (χ3v) is 3.10. The van der Waals surface area contributed by atoms with Crippen LogP contribution < -0.4 is 10.0 Å². The van der Waals surface area contributed by atoms with E-state index in [0.29, 0.717) is 0 Å². The van der Waals surface area contributed by atoms with Crippen molar-refractivity contribution in [2.75, 3.05) is 18.0 Å². The maximum absolute atomic E-state index is 10.8. The fourth-order valence-corrected chi connectivity index (χ4v) is 2.19. The Morgan fingerprint density at radius 2 is 2.12 bits per heavy atom. The Morgan fingerprint density at radius 3 is 2.76 bits per heavy atom. The predicted molar refractivity (Wildman–Crippen MR) is 63.6 cm³/mol. The summed E-state index contributed by atoms with van der Waals surface area (Å²) in [5.74, 6) is 0.786. The molecule has 0 radical (unpaired) electrons. The summed E-state index contributed by atoms with van der Waals surface area (Å²) < 4.78 is 26.1. The van der Waals surface area contributed by atoms with Crippen LogP contribution in [0, 0.1) is 0 Å². The molecule has 1 aliphatic rings. The smallest absolute Gasteiger partial charge is 0.333 e. The number of nitrogens with zero attached hydrogens (tertiary/aromatic N) is 2. The molecule has 0 atom stereocenters. The number of anilines is 1. The third kappa shape index (κ3) is 3.39. The van der Waals surface area contributed by atoms with Gasteiger partial charge in [0.1, 0.15) is 5.82 Å². The zero-order valence-electron chi connectivity index (χ0n) is 9.37. The predicted octanol–water partition coefficient (Wildman–Crippen LogP) is 0.402. The SMILES string of the molecule is NS(=O)(=O)OCc1cccnc1N1CCCC1. The van der Waals surface area contributed by atoms with Gasteiger partial charge < -0.3 is 4.90 Å². The molecule has 0 amide bonds. The van der Waals surface area contributed by atoms with Crippen LogP contribution in [0.1, 0.15) is 18.4 Å². The lowest BCUT2D eigenvalue weighted by atomic mass is 10.2. The van der Waals surface area contributed by atoms with Crippen molar-refractivity contribution in [2.45, 2.75) is 19.4 Å². The minimum atomic E-state index is -3.91. The molecule has 7 heteroatoms.